The molecule has 2 aromatic carbocycles. The number of hydrogen-bond donors (Lipinski definition) is 1. The third-order valence-corrected chi connectivity index (χ3v) is 6.18. The van der Waals surface area contributed by atoms with Crippen molar-refractivity contribution in [2.24, 2.45) is 0 Å². The molecule has 0 bridgehead atoms. The van der Waals surface area contributed by atoms with E-state index in [1.165, 1.54) is 26.2 Å². The Morgan fingerprint density at radius 2 is 1.80 bits per heavy atom. The number of pyridine rings is 1. The van der Waals surface area contributed by atoms with Gasteiger partial charge < -0.3 is 10.1 Å². The van der Waals surface area contributed by atoms with E-state index in [4.69, 9.17) is 4.74 Å². The van der Waals surface area contributed by atoms with Gasteiger partial charge in [-0.3, -0.25) is 9.78 Å². The Balaban J connectivity index is 1.57. The molecule has 0 aliphatic carbocycles. The maximum absolute atomic E-state index is 12.4. The SMILES string of the molecule is CN(C)S(=O)(=O)c1cccc(C(=O)NCc2ccc(OCc3ccccn3)cc2)c1. The first kappa shape index (κ1) is 21.5. The number of carbonyl (C=O) groups is 1. The number of hydrogen-bond acceptors (Lipinski definition) is 5. The lowest BCUT2D eigenvalue weighted by molar-refractivity contribution is 0.0950. The summed E-state index contributed by atoms with van der Waals surface area (Å²) in [6.07, 6.45) is 1.72. The van der Waals surface area contributed by atoms with Crippen LogP contribution in [-0.4, -0.2) is 37.7 Å². The number of sulfonamides is 1. The third kappa shape index (κ3) is 5.43. The molecule has 156 valence electrons. The molecule has 0 saturated carbocycles. The maximum atomic E-state index is 12.4. The van der Waals surface area contributed by atoms with Crippen molar-refractivity contribution in [2.75, 3.05) is 14.1 Å². The molecule has 30 heavy (non-hydrogen) atoms. The van der Waals surface area contributed by atoms with Gasteiger partial charge in [-0.25, -0.2) is 12.7 Å². The molecule has 1 aromatic heterocycles. The fourth-order valence-electron chi connectivity index (χ4n) is 2.64. The van der Waals surface area contributed by atoms with Crippen LogP contribution in [0.3, 0.4) is 0 Å². The molecule has 1 heterocycles. The number of rotatable bonds is 8. The summed E-state index contributed by atoms with van der Waals surface area (Å²) < 4.78 is 31.3. The van der Waals surface area contributed by atoms with Gasteiger partial charge in [-0.15, -0.1) is 0 Å². The normalized spacial score (nSPS) is 11.3. The second-order valence-electron chi connectivity index (χ2n) is 6.75. The summed E-state index contributed by atoms with van der Waals surface area (Å²) in [6, 6.07) is 19.0. The zero-order valence-corrected chi connectivity index (χ0v) is 17.6. The molecular formula is C22H23N3O4S. The Morgan fingerprint density at radius 1 is 1.03 bits per heavy atom. The summed E-state index contributed by atoms with van der Waals surface area (Å²) >= 11 is 0. The van der Waals surface area contributed by atoms with Crippen LogP contribution in [0, 0.1) is 0 Å². The van der Waals surface area contributed by atoms with Gasteiger partial charge in [0.15, 0.2) is 0 Å². The average molecular weight is 426 g/mol. The van der Waals surface area contributed by atoms with Crippen molar-refractivity contribution < 1.29 is 17.9 Å². The van der Waals surface area contributed by atoms with Gasteiger partial charge >= 0.3 is 0 Å². The monoisotopic (exact) mass is 425 g/mol. The molecule has 0 spiro atoms. The Bertz CT molecular complexity index is 1100. The minimum Gasteiger partial charge on any atom is -0.487 e. The van der Waals surface area contributed by atoms with Crippen molar-refractivity contribution in [3.8, 4) is 5.75 Å². The molecule has 7 nitrogen and oxygen atoms in total. The molecule has 0 atom stereocenters. The molecule has 0 fully saturated rings. The highest BCUT2D eigenvalue weighted by atomic mass is 32.2. The number of nitrogens with zero attached hydrogens (tertiary/aromatic N) is 2. The predicted molar refractivity (Wildman–Crippen MR) is 113 cm³/mol. The highest BCUT2D eigenvalue weighted by molar-refractivity contribution is 7.89. The predicted octanol–water partition coefficient (Wildman–Crippen LogP) is 2.84. The Kier molecular flexibility index (Phi) is 6.81. The van der Waals surface area contributed by atoms with Crippen molar-refractivity contribution in [1.29, 1.82) is 0 Å². The van der Waals surface area contributed by atoms with Crippen LogP contribution in [-0.2, 0) is 23.2 Å². The van der Waals surface area contributed by atoms with E-state index in [-0.39, 0.29) is 16.4 Å². The molecule has 0 aliphatic rings. The lowest BCUT2D eigenvalue weighted by atomic mass is 10.2. The number of amides is 1. The zero-order chi connectivity index (χ0) is 21.6. The van der Waals surface area contributed by atoms with Gasteiger partial charge in [-0.05, 0) is 48.0 Å². The molecule has 8 heteroatoms. The molecule has 3 aromatic rings. The van der Waals surface area contributed by atoms with Gasteiger partial charge in [0.2, 0.25) is 10.0 Å². The topological polar surface area (TPSA) is 88.6 Å². The van der Waals surface area contributed by atoms with Crippen molar-refractivity contribution in [2.45, 2.75) is 18.0 Å². The Hall–Kier alpha value is -3.23. The molecule has 3 rings (SSSR count). The molecule has 1 amide bonds. The molecule has 0 radical (unpaired) electrons. The van der Waals surface area contributed by atoms with Gasteiger partial charge in [-0.1, -0.05) is 24.3 Å². The van der Waals surface area contributed by atoms with Crippen LogP contribution in [0.15, 0.2) is 77.8 Å². The summed E-state index contributed by atoms with van der Waals surface area (Å²) in [6.45, 7) is 0.688. The second kappa shape index (κ2) is 9.51. The van der Waals surface area contributed by atoms with E-state index < -0.39 is 10.0 Å². The van der Waals surface area contributed by atoms with Crippen LogP contribution in [0.1, 0.15) is 21.6 Å². The van der Waals surface area contributed by atoms with Gasteiger partial charge in [0.1, 0.15) is 12.4 Å². The third-order valence-electron chi connectivity index (χ3n) is 4.36. The van der Waals surface area contributed by atoms with Gasteiger partial charge in [0, 0.05) is 32.4 Å². The number of carbonyl (C=O) groups excluding carboxylic acids is 1. The highest BCUT2D eigenvalue weighted by Gasteiger charge is 2.18. The van der Waals surface area contributed by atoms with Crippen LogP contribution in [0.25, 0.3) is 0 Å². The van der Waals surface area contributed by atoms with E-state index >= 15 is 0 Å². The van der Waals surface area contributed by atoms with Gasteiger partial charge in [-0.2, -0.15) is 0 Å². The Morgan fingerprint density at radius 3 is 2.47 bits per heavy atom. The van der Waals surface area contributed by atoms with Crippen molar-refractivity contribution in [3.63, 3.8) is 0 Å². The van der Waals surface area contributed by atoms with Crippen molar-refractivity contribution in [3.05, 3.63) is 89.7 Å². The number of nitrogens with one attached hydrogen (secondary N) is 1. The van der Waals surface area contributed by atoms with E-state index in [1.54, 1.807) is 18.3 Å². The molecule has 0 saturated heterocycles. The van der Waals surface area contributed by atoms with Crippen LogP contribution < -0.4 is 10.1 Å². The zero-order valence-electron chi connectivity index (χ0n) is 16.8. The summed E-state index contributed by atoms with van der Waals surface area (Å²) in [5.41, 5.74) is 2.02. The molecule has 1 N–H and O–H groups in total. The first-order chi connectivity index (χ1) is 14.4. The minimum absolute atomic E-state index is 0.0783. The van der Waals surface area contributed by atoms with Crippen molar-refractivity contribution in [1.82, 2.24) is 14.6 Å². The number of ether oxygens (including phenoxy) is 1. The van der Waals surface area contributed by atoms with Crippen molar-refractivity contribution >= 4 is 15.9 Å². The first-order valence-corrected chi connectivity index (χ1v) is 10.7. The molecule has 0 aliphatic heterocycles. The smallest absolute Gasteiger partial charge is 0.251 e. The van der Waals surface area contributed by atoms with E-state index in [0.717, 1.165) is 15.6 Å². The van der Waals surface area contributed by atoms with Crippen LogP contribution in [0.5, 0.6) is 5.75 Å². The standard InChI is InChI=1S/C22H23N3O4S/c1-25(2)30(27,28)21-8-5-6-18(14-21)22(26)24-15-17-9-11-20(12-10-17)29-16-19-7-3-4-13-23-19/h3-14H,15-16H2,1-2H3,(H,24,26). The van der Waals surface area contributed by atoms with E-state index in [1.807, 2.05) is 42.5 Å². The van der Waals surface area contributed by atoms with Gasteiger partial charge in [0.25, 0.3) is 5.91 Å². The van der Waals surface area contributed by atoms with Crippen LogP contribution in [0.4, 0.5) is 0 Å². The van der Waals surface area contributed by atoms with Gasteiger partial charge in [0.05, 0.1) is 10.6 Å². The Labute approximate surface area is 176 Å². The summed E-state index contributed by atoms with van der Waals surface area (Å²) in [5, 5.41) is 2.80. The second-order valence-corrected chi connectivity index (χ2v) is 8.90. The maximum Gasteiger partial charge on any atom is 0.251 e. The summed E-state index contributed by atoms with van der Waals surface area (Å²) in [4.78, 5) is 16.7. The lowest BCUT2D eigenvalue weighted by Gasteiger charge is -2.12. The largest absolute Gasteiger partial charge is 0.487 e. The summed E-state index contributed by atoms with van der Waals surface area (Å²) in [7, 11) is -0.695. The van der Waals surface area contributed by atoms with E-state index in [0.29, 0.717) is 18.9 Å². The van der Waals surface area contributed by atoms with Crippen LogP contribution in [0.2, 0.25) is 0 Å². The average Bonchev–Trinajstić information content (AvgIpc) is 2.77. The minimum atomic E-state index is -3.60. The quantitative estimate of drug-likeness (QED) is 0.600. The fourth-order valence-corrected chi connectivity index (χ4v) is 3.59. The number of aromatic nitrogens is 1. The van der Waals surface area contributed by atoms with E-state index in [2.05, 4.69) is 10.3 Å². The summed E-state index contributed by atoms with van der Waals surface area (Å²) in [5.74, 6) is 0.360. The molecular weight excluding hydrogens is 402 g/mol. The first-order valence-electron chi connectivity index (χ1n) is 9.29. The number of benzene rings is 2. The fraction of sp³-hybridized carbons (Fsp3) is 0.182. The van der Waals surface area contributed by atoms with E-state index in [9.17, 15) is 13.2 Å². The van der Waals surface area contributed by atoms with Crippen LogP contribution >= 0.6 is 0 Å². The highest BCUT2D eigenvalue weighted by Crippen LogP contribution is 2.16. The lowest BCUT2D eigenvalue weighted by Crippen LogP contribution is -2.25. The molecule has 0 unspecified atom stereocenters.